The average Bonchev–Trinajstić information content (AvgIpc) is 2.89. The number of carbonyl (C=O) groups excluding carboxylic acids is 1. The van der Waals surface area contributed by atoms with Crippen molar-refractivity contribution >= 4 is 28.7 Å². The van der Waals surface area contributed by atoms with Gasteiger partial charge in [-0.1, -0.05) is 13.0 Å². The second-order valence-corrected chi connectivity index (χ2v) is 7.70. The lowest BCUT2D eigenvalue weighted by Crippen LogP contribution is -2.47. The van der Waals surface area contributed by atoms with Gasteiger partial charge < -0.3 is 14.9 Å². The summed E-state index contributed by atoms with van der Waals surface area (Å²) in [4.78, 5) is 31.2. The topological polar surface area (TPSA) is 69.0 Å². The molecule has 2 N–H and O–H groups in total. The van der Waals surface area contributed by atoms with Gasteiger partial charge >= 0.3 is 5.69 Å². The second kappa shape index (κ2) is 6.83. The van der Waals surface area contributed by atoms with E-state index in [1.807, 2.05) is 34.9 Å². The number of thioether (sulfide) groups is 1. The van der Waals surface area contributed by atoms with Gasteiger partial charge in [0.15, 0.2) is 0 Å². The first kappa shape index (κ1) is 16.2. The first-order valence-corrected chi connectivity index (χ1v) is 9.21. The third-order valence-electron chi connectivity index (χ3n) is 4.64. The number of aryl methyl sites for hydroxylation is 1. The number of fused-ring (bicyclic) bond motifs is 1. The van der Waals surface area contributed by atoms with Crippen LogP contribution in [0.2, 0.25) is 0 Å². The number of imidazole rings is 1. The first-order chi connectivity index (χ1) is 11.0. The molecular weight excluding hydrogens is 310 g/mol. The minimum absolute atomic E-state index is 0.182. The predicted octanol–water partition coefficient (Wildman–Crippen LogP) is 2.53. The van der Waals surface area contributed by atoms with Gasteiger partial charge in [0.1, 0.15) is 0 Å². The maximum absolute atomic E-state index is 12.4. The lowest BCUT2D eigenvalue weighted by Gasteiger charge is -2.37. The molecule has 2 aromatic rings. The number of carbonyl (C=O) groups is 1. The molecule has 3 rings (SSSR count). The Morgan fingerprint density at radius 2 is 2.09 bits per heavy atom. The maximum Gasteiger partial charge on any atom is 0.323 e. The molecule has 1 aliphatic rings. The molecular formula is C17H23N3O2S. The summed E-state index contributed by atoms with van der Waals surface area (Å²) in [7, 11) is 0. The number of hydrogen-bond donors (Lipinski definition) is 2. The molecule has 1 aromatic carbocycles. The Labute approximate surface area is 139 Å². The van der Waals surface area contributed by atoms with Crippen molar-refractivity contribution in [3.63, 3.8) is 0 Å². The molecule has 2 heterocycles. The van der Waals surface area contributed by atoms with Crippen molar-refractivity contribution in [1.82, 2.24) is 14.9 Å². The number of hydrogen-bond acceptors (Lipinski definition) is 3. The molecule has 1 aliphatic heterocycles. The predicted molar refractivity (Wildman–Crippen MR) is 95.0 cm³/mol. The number of benzene rings is 1. The van der Waals surface area contributed by atoms with E-state index in [9.17, 15) is 9.59 Å². The third kappa shape index (κ3) is 3.63. The fourth-order valence-electron chi connectivity index (χ4n) is 3.11. The van der Waals surface area contributed by atoms with Gasteiger partial charge in [-0.05, 0) is 37.5 Å². The van der Waals surface area contributed by atoms with Gasteiger partial charge in [0.2, 0.25) is 5.91 Å². The fraction of sp³-hybridized carbons (Fsp3) is 0.529. The van der Waals surface area contributed by atoms with Crippen molar-refractivity contribution in [3.8, 4) is 0 Å². The normalized spacial score (nSPS) is 21.7. The molecule has 0 spiro atoms. The highest BCUT2D eigenvalue weighted by Gasteiger charge is 2.28. The van der Waals surface area contributed by atoms with Crippen molar-refractivity contribution in [2.75, 3.05) is 12.3 Å². The highest BCUT2D eigenvalue weighted by molar-refractivity contribution is 8.00. The Morgan fingerprint density at radius 3 is 2.91 bits per heavy atom. The molecule has 1 fully saturated rings. The van der Waals surface area contributed by atoms with Crippen LogP contribution in [-0.4, -0.2) is 44.4 Å². The van der Waals surface area contributed by atoms with Crippen LogP contribution >= 0.6 is 11.8 Å². The molecule has 124 valence electrons. The Kier molecular flexibility index (Phi) is 4.80. The van der Waals surface area contributed by atoms with Crippen LogP contribution in [-0.2, 0) is 11.2 Å². The quantitative estimate of drug-likeness (QED) is 0.903. The number of aromatic nitrogens is 2. The zero-order valence-corrected chi connectivity index (χ0v) is 14.4. The zero-order chi connectivity index (χ0) is 16.4. The van der Waals surface area contributed by atoms with Gasteiger partial charge in [0.05, 0.1) is 11.0 Å². The lowest BCUT2D eigenvalue weighted by molar-refractivity contribution is -0.133. The zero-order valence-electron chi connectivity index (χ0n) is 13.6. The van der Waals surface area contributed by atoms with Gasteiger partial charge in [-0.25, -0.2) is 4.79 Å². The third-order valence-corrected chi connectivity index (χ3v) is 5.98. The van der Waals surface area contributed by atoms with E-state index >= 15 is 0 Å². The summed E-state index contributed by atoms with van der Waals surface area (Å²) in [6.07, 6.45) is 2.27. The largest absolute Gasteiger partial charge is 0.338 e. The molecule has 0 aliphatic carbocycles. The average molecular weight is 333 g/mol. The van der Waals surface area contributed by atoms with E-state index < -0.39 is 0 Å². The van der Waals surface area contributed by atoms with E-state index in [4.69, 9.17) is 0 Å². The highest BCUT2D eigenvalue weighted by Crippen LogP contribution is 2.25. The fourth-order valence-corrected chi connectivity index (χ4v) is 4.21. The van der Waals surface area contributed by atoms with Crippen LogP contribution in [0.25, 0.3) is 11.0 Å². The molecule has 1 amide bonds. The van der Waals surface area contributed by atoms with Gasteiger partial charge in [-0.3, -0.25) is 4.79 Å². The van der Waals surface area contributed by atoms with Gasteiger partial charge in [-0.15, -0.1) is 0 Å². The Bertz CT molecular complexity index is 752. The van der Waals surface area contributed by atoms with E-state index in [1.54, 1.807) is 0 Å². The van der Waals surface area contributed by atoms with Crippen LogP contribution in [0.1, 0.15) is 32.3 Å². The number of nitrogens with one attached hydrogen (secondary N) is 2. The van der Waals surface area contributed by atoms with Crippen LogP contribution in [0.4, 0.5) is 0 Å². The summed E-state index contributed by atoms with van der Waals surface area (Å²) in [6, 6.07) is 6.23. The smallest absolute Gasteiger partial charge is 0.323 e. The Balaban J connectivity index is 1.55. The maximum atomic E-state index is 12.4. The molecule has 5 nitrogen and oxygen atoms in total. The first-order valence-electron chi connectivity index (χ1n) is 8.16. The minimum Gasteiger partial charge on any atom is -0.338 e. The summed E-state index contributed by atoms with van der Waals surface area (Å²) in [5, 5.41) is 0.514. The Hall–Kier alpha value is -1.69. The van der Waals surface area contributed by atoms with Crippen LogP contribution in [0.3, 0.4) is 0 Å². The molecule has 6 heteroatoms. The molecule has 0 bridgehead atoms. The number of amides is 1. The molecule has 1 aromatic heterocycles. The molecule has 23 heavy (non-hydrogen) atoms. The summed E-state index contributed by atoms with van der Waals surface area (Å²) in [6.45, 7) is 5.21. The molecule has 0 unspecified atom stereocenters. The van der Waals surface area contributed by atoms with Crippen molar-refractivity contribution in [3.05, 3.63) is 34.2 Å². The van der Waals surface area contributed by atoms with E-state index in [0.717, 1.165) is 41.7 Å². The van der Waals surface area contributed by atoms with Crippen molar-refractivity contribution in [2.45, 2.75) is 44.4 Å². The number of nitrogens with zero attached hydrogens (tertiary/aromatic N) is 1. The second-order valence-electron chi connectivity index (χ2n) is 6.22. The molecule has 1 saturated heterocycles. The van der Waals surface area contributed by atoms with Crippen LogP contribution in [0.5, 0.6) is 0 Å². The highest BCUT2D eigenvalue weighted by atomic mass is 32.2. The van der Waals surface area contributed by atoms with Crippen molar-refractivity contribution in [2.24, 2.45) is 0 Å². The van der Waals surface area contributed by atoms with Crippen LogP contribution in [0, 0.1) is 0 Å². The van der Waals surface area contributed by atoms with E-state index in [2.05, 4.69) is 23.8 Å². The van der Waals surface area contributed by atoms with Crippen LogP contribution in [0.15, 0.2) is 23.0 Å². The van der Waals surface area contributed by atoms with Gasteiger partial charge in [-0.2, -0.15) is 11.8 Å². The van der Waals surface area contributed by atoms with Crippen molar-refractivity contribution < 1.29 is 4.79 Å². The number of aromatic amines is 2. The standard InChI is InChI=1S/C17H23N3O2S/c1-11-12(2)23-9-8-20(11)16(21)5-3-4-13-6-7-14-15(10-13)19-17(22)18-14/h6-7,10-12H,3-5,8-9H2,1-2H3,(H2,18,19,22)/t11-,12-/m0/s1. The summed E-state index contributed by atoms with van der Waals surface area (Å²) in [5.74, 6) is 1.30. The molecule has 0 radical (unpaired) electrons. The molecule has 2 atom stereocenters. The van der Waals surface area contributed by atoms with E-state index in [-0.39, 0.29) is 11.6 Å². The minimum atomic E-state index is -0.182. The summed E-state index contributed by atoms with van der Waals surface area (Å²) >= 11 is 1.95. The Morgan fingerprint density at radius 1 is 1.30 bits per heavy atom. The lowest BCUT2D eigenvalue weighted by atomic mass is 10.1. The van der Waals surface area contributed by atoms with Gasteiger partial charge in [0, 0.05) is 30.0 Å². The SMILES string of the molecule is C[C@@H]1SCCN(C(=O)CCCc2ccc3[nH]c(=O)[nH]c3c2)[C@H]1C. The molecule has 0 saturated carbocycles. The van der Waals surface area contributed by atoms with E-state index in [0.29, 0.717) is 17.7 Å². The monoisotopic (exact) mass is 333 g/mol. The number of rotatable bonds is 4. The number of H-pyrrole nitrogens is 2. The summed E-state index contributed by atoms with van der Waals surface area (Å²) < 4.78 is 0. The van der Waals surface area contributed by atoms with E-state index in [1.165, 1.54) is 0 Å². The van der Waals surface area contributed by atoms with Crippen molar-refractivity contribution in [1.29, 1.82) is 0 Å². The summed E-state index contributed by atoms with van der Waals surface area (Å²) in [5.41, 5.74) is 2.62. The van der Waals surface area contributed by atoms with Gasteiger partial charge in [0.25, 0.3) is 0 Å². The van der Waals surface area contributed by atoms with Crippen LogP contribution < -0.4 is 5.69 Å².